The lowest BCUT2D eigenvalue weighted by atomic mass is 9.70. The van der Waals surface area contributed by atoms with Gasteiger partial charge in [-0.05, 0) is 66.8 Å². The zero-order chi connectivity index (χ0) is 38.4. The molecule has 0 radical (unpaired) electrons. The van der Waals surface area contributed by atoms with Gasteiger partial charge in [-0.2, -0.15) is 0 Å². The average Bonchev–Trinajstić information content (AvgIpc) is 3.59. The summed E-state index contributed by atoms with van der Waals surface area (Å²) in [6.45, 7) is 10.1. The van der Waals surface area contributed by atoms with Gasteiger partial charge in [-0.1, -0.05) is 43.3 Å². The van der Waals surface area contributed by atoms with Crippen molar-refractivity contribution in [1.29, 1.82) is 0 Å². The van der Waals surface area contributed by atoms with Crippen molar-refractivity contribution in [3.8, 4) is 0 Å². The Kier molecular flexibility index (Phi) is 10.2. The van der Waals surface area contributed by atoms with Crippen LogP contribution in [0.4, 0.5) is 0 Å². The highest BCUT2D eigenvalue weighted by Crippen LogP contribution is 2.76. The van der Waals surface area contributed by atoms with Crippen molar-refractivity contribution in [2.75, 3.05) is 0 Å². The quantitative estimate of drug-likeness (QED) is 0.163. The average molecular weight is 727 g/mol. The summed E-state index contributed by atoms with van der Waals surface area (Å²) in [5, 5.41) is 0. The van der Waals surface area contributed by atoms with Crippen LogP contribution >= 0.6 is 0 Å². The molecule has 0 atom stereocenters. The molecule has 6 rings (SSSR count). The normalized spacial score (nSPS) is 19.6. The van der Waals surface area contributed by atoms with Crippen molar-refractivity contribution >= 4 is 35.8 Å². The van der Waals surface area contributed by atoms with E-state index in [1.54, 1.807) is 0 Å². The maximum absolute atomic E-state index is 11.9. The van der Waals surface area contributed by atoms with Crippen molar-refractivity contribution in [2.45, 2.75) is 106 Å². The third kappa shape index (κ3) is 7.02. The molecule has 3 aliphatic carbocycles. The number of carbonyl (C=O) groups is 6. The van der Waals surface area contributed by atoms with Crippen molar-refractivity contribution in [2.24, 2.45) is 5.41 Å². The number of ether oxygens (including phenoxy) is 6. The lowest BCUT2D eigenvalue weighted by molar-refractivity contribution is -0.143. The van der Waals surface area contributed by atoms with Gasteiger partial charge in [-0.3, -0.25) is 28.8 Å². The number of esters is 6. The lowest BCUT2D eigenvalue weighted by Gasteiger charge is -2.31. The first-order valence-electron chi connectivity index (χ1n) is 17.4. The van der Waals surface area contributed by atoms with E-state index in [-0.39, 0.29) is 57.4 Å². The summed E-state index contributed by atoms with van der Waals surface area (Å²) in [5.74, 6) is -3.28. The van der Waals surface area contributed by atoms with E-state index < -0.39 is 41.2 Å². The highest BCUT2D eigenvalue weighted by atomic mass is 16.6. The smallest absolute Gasteiger partial charge is 0.302 e. The summed E-state index contributed by atoms with van der Waals surface area (Å²) in [5.41, 5.74) is 9.78. The molecule has 0 saturated heterocycles. The molecule has 53 heavy (non-hydrogen) atoms. The summed E-state index contributed by atoms with van der Waals surface area (Å²) < 4.78 is 32.8. The summed E-state index contributed by atoms with van der Waals surface area (Å²) >= 11 is 0. The molecular formula is C41H42O12. The lowest BCUT2D eigenvalue weighted by Crippen LogP contribution is -2.23. The maximum Gasteiger partial charge on any atom is 0.302 e. The van der Waals surface area contributed by atoms with Gasteiger partial charge in [-0.15, -0.1) is 0 Å². The predicted octanol–water partition coefficient (Wildman–Crippen LogP) is 5.81. The fourth-order valence-electron chi connectivity index (χ4n) is 8.58. The van der Waals surface area contributed by atoms with Crippen LogP contribution in [-0.2, 0) is 96.8 Å². The molecule has 12 nitrogen and oxygen atoms in total. The molecule has 0 aliphatic heterocycles. The largest absolute Gasteiger partial charge is 0.461 e. The van der Waals surface area contributed by atoms with Crippen molar-refractivity contribution in [1.82, 2.24) is 0 Å². The SMILES string of the molecule is CC(=O)OCc1cc2c(cc1COC(C)=O)C1c3cc(COC(C)=O)c(COC(C)=O)cc3C3c4cc(COC(C)=O)c(COC(C)=O)cc4C2C13C. The summed E-state index contributed by atoms with van der Waals surface area (Å²) in [6, 6.07) is 12.2. The maximum atomic E-state index is 11.9. The monoisotopic (exact) mass is 726 g/mol. The molecule has 3 aliphatic rings. The molecule has 0 fully saturated rings. The Bertz CT molecular complexity index is 1690. The van der Waals surface area contributed by atoms with E-state index in [1.807, 2.05) is 36.4 Å². The van der Waals surface area contributed by atoms with Gasteiger partial charge in [-0.25, -0.2) is 0 Å². The highest BCUT2D eigenvalue weighted by Gasteiger charge is 2.65. The first kappa shape index (κ1) is 37.2. The van der Waals surface area contributed by atoms with Gasteiger partial charge in [0.25, 0.3) is 0 Å². The molecule has 0 spiro atoms. The van der Waals surface area contributed by atoms with Gasteiger partial charge in [0.2, 0.25) is 0 Å². The van der Waals surface area contributed by atoms with Crippen LogP contribution in [0, 0.1) is 5.41 Å². The molecule has 3 aromatic rings. The zero-order valence-electron chi connectivity index (χ0n) is 30.8. The Morgan fingerprint density at radius 3 is 0.660 bits per heavy atom. The van der Waals surface area contributed by atoms with Gasteiger partial charge >= 0.3 is 35.8 Å². The van der Waals surface area contributed by atoms with E-state index in [4.69, 9.17) is 28.4 Å². The van der Waals surface area contributed by atoms with E-state index in [0.717, 1.165) is 33.4 Å². The topological polar surface area (TPSA) is 158 Å². The van der Waals surface area contributed by atoms with E-state index in [0.29, 0.717) is 33.4 Å². The molecule has 0 heterocycles. The Hall–Kier alpha value is -5.52. The second-order valence-corrected chi connectivity index (χ2v) is 14.1. The van der Waals surface area contributed by atoms with Crippen LogP contribution in [0.2, 0.25) is 0 Å². The van der Waals surface area contributed by atoms with Gasteiger partial charge < -0.3 is 28.4 Å². The van der Waals surface area contributed by atoms with Gasteiger partial charge in [0.1, 0.15) is 39.6 Å². The minimum Gasteiger partial charge on any atom is -0.461 e. The molecule has 278 valence electrons. The van der Waals surface area contributed by atoms with Crippen molar-refractivity contribution in [3.63, 3.8) is 0 Å². The van der Waals surface area contributed by atoms with Crippen molar-refractivity contribution < 1.29 is 57.2 Å². The van der Waals surface area contributed by atoms with E-state index in [9.17, 15) is 28.8 Å². The minimum atomic E-state index is -0.497. The number of fused-ring (bicyclic) bond motifs is 9. The minimum absolute atomic E-state index is 0.0226. The Morgan fingerprint density at radius 2 is 0.528 bits per heavy atom. The van der Waals surface area contributed by atoms with Crippen LogP contribution in [-0.4, -0.2) is 35.8 Å². The molecule has 0 bridgehead atoms. The van der Waals surface area contributed by atoms with Crippen LogP contribution in [0.3, 0.4) is 0 Å². The van der Waals surface area contributed by atoms with Crippen molar-refractivity contribution in [3.05, 3.63) is 103 Å². The number of hydrogen-bond acceptors (Lipinski definition) is 12. The van der Waals surface area contributed by atoms with E-state index in [1.165, 1.54) is 41.5 Å². The Labute approximate surface area is 307 Å². The van der Waals surface area contributed by atoms with Crippen LogP contribution in [0.15, 0.2) is 36.4 Å². The van der Waals surface area contributed by atoms with E-state index in [2.05, 4.69) is 6.92 Å². The second kappa shape index (κ2) is 14.5. The molecule has 0 N–H and O–H groups in total. The highest BCUT2D eigenvalue weighted by molar-refractivity contribution is 5.73. The molecular weight excluding hydrogens is 684 g/mol. The molecule has 0 unspecified atom stereocenters. The van der Waals surface area contributed by atoms with Gasteiger partial charge in [0, 0.05) is 64.7 Å². The van der Waals surface area contributed by atoms with Crippen LogP contribution in [0.25, 0.3) is 0 Å². The molecule has 0 saturated carbocycles. The summed E-state index contributed by atoms with van der Waals surface area (Å²) in [7, 11) is 0. The van der Waals surface area contributed by atoms with Gasteiger partial charge in [0.05, 0.1) is 0 Å². The first-order chi connectivity index (χ1) is 25.1. The number of carbonyl (C=O) groups excluding carboxylic acids is 6. The molecule has 3 aromatic carbocycles. The molecule has 0 amide bonds. The zero-order valence-corrected chi connectivity index (χ0v) is 30.8. The summed E-state index contributed by atoms with van der Waals surface area (Å²) in [4.78, 5) is 71.7. The van der Waals surface area contributed by atoms with Crippen LogP contribution in [0.1, 0.15) is 133 Å². The van der Waals surface area contributed by atoms with Crippen LogP contribution in [0.5, 0.6) is 0 Å². The third-order valence-electron chi connectivity index (χ3n) is 10.5. The van der Waals surface area contributed by atoms with Crippen LogP contribution < -0.4 is 0 Å². The third-order valence-corrected chi connectivity index (χ3v) is 10.5. The Morgan fingerprint density at radius 1 is 0.377 bits per heavy atom. The molecule has 12 heteroatoms. The summed E-state index contributed by atoms with van der Waals surface area (Å²) in [6.07, 6.45) is 0. The molecule has 0 aromatic heterocycles. The Balaban J connectivity index is 1.63. The number of benzene rings is 3. The fourth-order valence-corrected chi connectivity index (χ4v) is 8.58. The van der Waals surface area contributed by atoms with Gasteiger partial charge in [0.15, 0.2) is 0 Å². The number of hydrogen-bond donors (Lipinski definition) is 0. The van der Waals surface area contributed by atoms with E-state index >= 15 is 0 Å². The number of rotatable bonds is 12. The predicted molar refractivity (Wildman–Crippen MR) is 186 cm³/mol. The second-order valence-electron chi connectivity index (χ2n) is 14.1. The standard InChI is InChI=1S/C41H42O12/c1-20(42)48-14-26-8-32-33(9-27(26)15-49-21(2)43)39-36-12-30(18-52-24(5)46)31(19-53-25(6)47)13-37(36)40-35-11-29(17-51-23(4)45)28(16-50-22(3)44)10-34(35)38(32)41(39,40)7/h8-13,38-40H,14-19H2,1-7H3. The first-order valence-corrected chi connectivity index (χ1v) is 17.4. The fraction of sp³-hybridized carbons (Fsp3) is 0.415.